The van der Waals surface area contributed by atoms with E-state index in [1.54, 1.807) is 0 Å². The Kier molecular flexibility index (Phi) is 5.07. The molecule has 0 spiro atoms. The molecule has 0 aromatic rings. The van der Waals surface area contributed by atoms with Gasteiger partial charge >= 0.3 is 0 Å². The van der Waals surface area contributed by atoms with Gasteiger partial charge in [-0.3, -0.25) is 0 Å². The minimum absolute atomic E-state index is 0.605. The van der Waals surface area contributed by atoms with Gasteiger partial charge in [0.1, 0.15) is 0 Å². The molecule has 1 fully saturated rings. The first-order valence-corrected chi connectivity index (χ1v) is 6.43. The van der Waals surface area contributed by atoms with Gasteiger partial charge in [-0.15, -0.1) is 0 Å². The smallest absolute Gasteiger partial charge is 0.0234 e. The summed E-state index contributed by atoms with van der Waals surface area (Å²) in [6, 6.07) is 0. The summed E-state index contributed by atoms with van der Waals surface area (Å²) in [6.45, 7) is 2.43. The van der Waals surface area contributed by atoms with Crippen LogP contribution in [-0.2, 0) is 0 Å². The van der Waals surface area contributed by atoms with E-state index in [0.29, 0.717) is 5.41 Å². The molecule has 1 rings (SSSR count). The number of hydrogen-bond acceptors (Lipinski definition) is 0. The van der Waals surface area contributed by atoms with Crippen LogP contribution in [0.1, 0.15) is 45.4 Å². The Morgan fingerprint density at radius 1 is 1.15 bits per heavy atom. The van der Waals surface area contributed by atoms with Crippen molar-refractivity contribution in [2.45, 2.75) is 45.4 Å². The van der Waals surface area contributed by atoms with E-state index in [0.717, 1.165) is 0 Å². The van der Waals surface area contributed by atoms with Crippen LogP contribution in [0.5, 0.6) is 0 Å². The Bertz CT molecular complexity index is 185. The summed E-state index contributed by atoms with van der Waals surface area (Å²) in [7, 11) is 0. The number of hydrogen-bond donors (Lipinski definition) is 0. The molecule has 0 bridgehead atoms. The normalized spacial score (nSPS) is 22.9. The van der Waals surface area contributed by atoms with Gasteiger partial charge < -0.3 is 0 Å². The van der Waals surface area contributed by atoms with Gasteiger partial charge in [-0.05, 0) is 28.8 Å². The summed E-state index contributed by atoms with van der Waals surface area (Å²) in [4.78, 5) is 0. The Morgan fingerprint density at radius 2 is 1.85 bits per heavy atom. The molecule has 0 nitrogen and oxygen atoms in total. The zero-order valence-electron chi connectivity index (χ0n) is 8.43. The molecule has 0 atom stereocenters. The van der Waals surface area contributed by atoms with Crippen LogP contribution in [0.2, 0.25) is 0 Å². The van der Waals surface area contributed by atoms with Crippen LogP contribution in [0.15, 0.2) is 22.3 Å². The van der Waals surface area contributed by atoms with E-state index in [2.05, 4.69) is 51.8 Å². The fraction of sp³-hybridized carbons (Fsp3) is 0.667. The van der Waals surface area contributed by atoms with Crippen LogP contribution in [-0.4, -0.2) is 0 Å². The van der Waals surface area contributed by atoms with E-state index in [1.807, 2.05) is 0 Å². The fourth-order valence-corrected chi connectivity index (χ4v) is 2.32. The highest BCUT2D eigenvalue weighted by atomic mass is 127. The summed E-state index contributed by atoms with van der Waals surface area (Å²) in [6.07, 6.45) is 15.0. The average molecular weight is 290 g/mol. The van der Waals surface area contributed by atoms with Gasteiger partial charge in [-0.25, -0.2) is 0 Å². The summed E-state index contributed by atoms with van der Waals surface area (Å²) in [5.41, 5.74) is 0.605. The lowest BCUT2D eigenvalue weighted by Crippen LogP contribution is -2.18. The maximum Gasteiger partial charge on any atom is -0.0234 e. The highest BCUT2D eigenvalue weighted by Gasteiger charge is 2.24. The average Bonchev–Trinajstić information content (AvgIpc) is 2.14. The maximum absolute atomic E-state index is 2.43. The fourth-order valence-electron chi connectivity index (χ4n) is 2.08. The second-order valence-corrected chi connectivity index (χ2v) is 5.04. The van der Waals surface area contributed by atoms with E-state index in [-0.39, 0.29) is 0 Å². The number of allylic oxidation sites excluding steroid dienone is 3. The monoisotopic (exact) mass is 290 g/mol. The van der Waals surface area contributed by atoms with E-state index in [1.165, 1.54) is 38.5 Å². The Labute approximate surface area is 95.6 Å². The van der Waals surface area contributed by atoms with Crippen LogP contribution >= 0.6 is 22.6 Å². The summed E-state index contributed by atoms with van der Waals surface area (Å²) in [5.74, 6) is 0. The third kappa shape index (κ3) is 4.30. The Morgan fingerprint density at radius 3 is 2.46 bits per heavy atom. The molecule has 0 unspecified atom stereocenters. The van der Waals surface area contributed by atoms with Gasteiger partial charge in [-0.1, -0.05) is 67.0 Å². The van der Waals surface area contributed by atoms with Crippen LogP contribution in [0.4, 0.5) is 0 Å². The SMILES string of the molecule is CC1(C/C=C\C=C/I)CCCCC1. The first-order valence-electron chi connectivity index (χ1n) is 5.19. The topological polar surface area (TPSA) is 0 Å². The molecule has 1 aliphatic rings. The second-order valence-electron chi connectivity index (χ2n) is 4.32. The Balaban J connectivity index is 2.32. The molecule has 0 N–H and O–H groups in total. The number of rotatable bonds is 3. The van der Waals surface area contributed by atoms with Gasteiger partial charge in [0.15, 0.2) is 0 Å². The molecule has 1 aliphatic carbocycles. The molecule has 0 aromatic carbocycles. The zero-order chi connectivity index (χ0) is 9.57. The van der Waals surface area contributed by atoms with Crippen molar-refractivity contribution < 1.29 is 0 Å². The lowest BCUT2D eigenvalue weighted by atomic mass is 9.73. The number of halogens is 1. The minimum atomic E-state index is 0.605. The zero-order valence-corrected chi connectivity index (χ0v) is 10.6. The lowest BCUT2D eigenvalue weighted by molar-refractivity contribution is 0.219. The van der Waals surface area contributed by atoms with Crippen molar-refractivity contribution in [1.82, 2.24) is 0 Å². The lowest BCUT2D eigenvalue weighted by Gasteiger charge is -2.32. The van der Waals surface area contributed by atoms with E-state index in [4.69, 9.17) is 0 Å². The van der Waals surface area contributed by atoms with E-state index < -0.39 is 0 Å². The van der Waals surface area contributed by atoms with Gasteiger partial charge in [0.25, 0.3) is 0 Å². The van der Waals surface area contributed by atoms with E-state index >= 15 is 0 Å². The van der Waals surface area contributed by atoms with Crippen LogP contribution in [0.3, 0.4) is 0 Å². The van der Waals surface area contributed by atoms with Crippen molar-refractivity contribution in [3.8, 4) is 0 Å². The summed E-state index contributed by atoms with van der Waals surface area (Å²) < 4.78 is 2.05. The summed E-state index contributed by atoms with van der Waals surface area (Å²) in [5, 5.41) is 0. The highest BCUT2D eigenvalue weighted by Crippen LogP contribution is 2.38. The van der Waals surface area contributed by atoms with Crippen molar-refractivity contribution >= 4 is 22.6 Å². The third-order valence-corrected chi connectivity index (χ3v) is 3.41. The van der Waals surface area contributed by atoms with Crippen molar-refractivity contribution in [2.75, 3.05) is 0 Å². The van der Waals surface area contributed by atoms with Crippen LogP contribution in [0, 0.1) is 5.41 Å². The molecule has 1 heteroatoms. The molecule has 0 aromatic heterocycles. The maximum atomic E-state index is 2.43. The quantitative estimate of drug-likeness (QED) is 0.515. The Hall–Kier alpha value is 0.210. The molecule has 0 radical (unpaired) electrons. The predicted octanol–water partition coefficient (Wildman–Crippen LogP) is 4.85. The summed E-state index contributed by atoms with van der Waals surface area (Å²) >= 11 is 2.25. The van der Waals surface area contributed by atoms with Gasteiger partial charge in [0.05, 0.1) is 0 Å². The highest BCUT2D eigenvalue weighted by molar-refractivity contribution is 14.1. The first kappa shape index (κ1) is 11.3. The first-order chi connectivity index (χ1) is 6.27. The van der Waals surface area contributed by atoms with Crippen molar-refractivity contribution in [1.29, 1.82) is 0 Å². The van der Waals surface area contributed by atoms with Crippen molar-refractivity contribution in [3.63, 3.8) is 0 Å². The molecule has 74 valence electrons. The third-order valence-electron chi connectivity index (χ3n) is 2.99. The van der Waals surface area contributed by atoms with Crippen molar-refractivity contribution in [3.05, 3.63) is 22.3 Å². The molecular formula is C12H19I. The van der Waals surface area contributed by atoms with Crippen LogP contribution in [0.25, 0.3) is 0 Å². The standard InChI is InChI=1S/C12H19I/c1-12(8-4-2-5-9-12)10-6-3-7-11-13/h3,6-7,11H,2,4-5,8-10H2,1H3/b6-3-,11-7-. The minimum Gasteiger partial charge on any atom is -0.0840 e. The van der Waals surface area contributed by atoms with Gasteiger partial charge in [-0.2, -0.15) is 0 Å². The molecule has 1 saturated carbocycles. The molecule has 0 heterocycles. The second kappa shape index (κ2) is 5.84. The molecular weight excluding hydrogens is 271 g/mol. The predicted molar refractivity (Wildman–Crippen MR) is 68.1 cm³/mol. The van der Waals surface area contributed by atoms with E-state index in [9.17, 15) is 0 Å². The molecule has 0 amide bonds. The molecule has 0 aliphatic heterocycles. The van der Waals surface area contributed by atoms with Gasteiger partial charge in [0.2, 0.25) is 0 Å². The van der Waals surface area contributed by atoms with Crippen LogP contribution < -0.4 is 0 Å². The largest absolute Gasteiger partial charge is 0.0840 e. The molecule has 13 heavy (non-hydrogen) atoms. The van der Waals surface area contributed by atoms with Crippen molar-refractivity contribution in [2.24, 2.45) is 5.41 Å². The van der Waals surface area contributed by atoms with Gasteiger partial charge in [0, 0.05) is 0 Å². The molecule has 0 saturated heterocycles.